The van der Waals surface area contributed by atoms with Crippen molar-refractivity contribution in [3.8, 4) is 0 Å². The van der Waals surface area contributed by atoms with Gasteiger partial charge in [-0.05, 0) is 18.9 Å². The van der Waals surface area contributed by atoms with Crippen LogP contribution in [0, 0.1) is 5.41 Å². The van der Waals surface area contributed by atoms with E-state index >= 15 is 0 Å². The summed E-state index contributed by atoms with van der Waals surface area (Å²) in [6, 6.07) is 0. The minimum Gasteiger partial charge on any atom is -0.342 e. The molecule has 0 radical (unpaired) electrons. The molecule has 17 heavy (non-hydrogen) atoms. The maximum Gasteiger partial charge on any atom is 0.232 e. The Morgan fingerprint density at radius 3 is 2.12 bits per heavy atom. The molecule has 0 aromatic heterocycles. The predicted molar refractivity (Wildman–Crippen MR) is 77.3 cm³/mol. The molecule has 0 aliphatic heterocycles. The zero-order valence-corrected chi connectivity index (χ0v) is 13.0. The van der Waals surface area contributed by atoms with E-state index in [1.54, 1.807) is 11.8 Å². The third kappa shape index (κ3) is 7.66. The van der Waals surface area contributed by atoms with Crippen LogP contribution in [0.15, 0.2) is 0 Å². The highest BCUT2D eigenvalue weighted by atomic mass is 32.2. The standard InChI is InChI=1S/C13H28N2OS/c1-7-15(10-13(5,6)9-14)11(16)8-17-12(2,3)4/h7-10,14H2,1-6H3. The Morgan fingerprint density at radius 1 is 1.24 bits per heavy atom. The van der Waals surface area contributed by atoms with E-state index in [0.717, 1.165) is 13.1 Å². The number of nitrogens with zero attached hydrogens (tertiary/aromatic N) is 1. The second-order valence-electron chi connectivity index (χ2n) is 6.18. The zero-order valence-electron chi connectivity index (χ0n) is 12.2. The Balaban J connectivity index is 4.32. The lowest BCUT2D eigenvalue weighted by Gasteiger charge is -2.31. The molecule has 0 atom stereocenters. The number of rotatable bonds is 6. The molecule has 102 valence electrons. The van der Waals surface area contributed by atoms with E-state index in [1.807, 2.05) is 11.8 Å². The quantitative estimate of drug-likeness (QED) is 0.797. The van der Waals surface area contributed by atoms with E-state index in [4.69, 9.17) is 5.73 Å². The topological polar surface area (TPSA) is 46.3 Å². The van der Waals surface area contributed by atoms with E-state index in [1.165, 1.54) is 0 Å². The van der Waals surface area contributed by atoms with Crippen LogP contribution in [0.5, 0.6) is 0 Å². The summed E-state index contributed by atoms with van der Waals surface area (Å²) < 4.78 is 0.137. The number of hydrogen-bond donors (Lipinski definition) is 1. The van der Waals surface area contributed by atoms with Gasteiger partial charge in [0.1, 0.15) is 0 Å². The number of carbonyl (C=O) groups is 1. The maximum absolute atomic E-state index is 12.1. The Hall–Kier alpha value is -0.220. The first kappa shape index (κ1) is 16.8. The summed E-state index contributed by atoms with van der Waals surface area (Å²) in [6.07, 6.45) is 0. The molecular weight excluding hydrogens is 232 g/mol. The smallest absolute Gasteiger partial charge is 0.232 e. The summed E-state index contributed by atoms with van der Waals surface area (Å²) in [5.74, 6) is 0.770. The van der Waals surface area contributed by atoms with Crippen LogP contribution in [-0.4, -0.2) is 40.9 Å². The maximum atomic E-state index is 12.1. The summed E-state index contributed by atoms with van der Waals surface area (Å²) in [7, 11) is 0. The summed E-state index contributed by atoms with van der Waals surface area (Å²) in [5, 5.41) is 0. The average molecular weight is 260 g/mol. The molecule has 0 saturated carbocycles. The van der Waals surface area contributed by atoms with Crippen LogP contribution >= 0.6 is 11.8 Å². The fourth-order valence-corrected chi connectivity index (χ4v) is 2.07. The lowest BCUT2D eigenvalue weighted by molar-refractivity contribution is -0.129. The van der Waals surface area contributed by atoms with Crippen LogP contribution in [0.3, 0.4) is 0 Å². The molecule has 0 aromatic carbocycles. The molecule has 3 nitrogen and oxygen atoms in total. The molecule has 0 unspecified atom stereocenters. The molecule has 4 heteroatoms. The molecule has 2 N–H and O–H groups in total. The molecule has 0 aliphatic rings. The van der Waals surface area contributed by atoms with Gasteiger partial charge in [0.15, 0.2) is 0 Å². The number of amides is 1. The first-order chi connectivity index (χ1) is 7.61. The van der Waals surface area contributed by atoms with Gasteiger partial charge in [-0.25, -0.2) is 0 Å². The van der Waals surface area contributed by atoms with Gasteiger partial charge in [-0.2, -0.15) is 0 Å². The van der Waals surface area contributed by atoms with Crippen LogP contribution in [0.1, 0.15) is 41.5 Å². The van der Waals surface area contributed by atoms with Crippen LogP contribution in [0.2, 0.25) is 0 Å². The van der Waals surface area contributed by atoms with E-state index < -0.39 is 0 Å². The van der Waals surface area contributed by atoms with E-state index in [9.17, 15) is 4.79 Å². The van der Waals surface area contributed by atoms with Gasteiger partial charge >= 0.3 is 0 Å². The molecule has 0 heterocycles. The molecule has 0 aromatic rings. The second-order valence-corrected chi connectivity index (χ2v) is 7.98. The van der Waals surface area contributed by atoms with Crippen molar-refractivity contribution in [1.29, 1.82) is 0 Å². The van der Waals surface area contributed by atoms with Crippen molar-refractivity contribution in [1.82, 2.24) is 4.90 Å². The number of thioether (sulfide) groups is 1. The van der Waals surface area contributed by atoms with Crippen LogP contribution < -0.4 is 5.73 Å². The largest absolute Gasteiger partial charge is 0.342 e. The van der Waals surface area contributed by atoms with Crippen LogP contribution in [0.4, 0.5) is 0 Å². The summed E-state index contributed by atoms with van der Waals surface area (Å²) in [4.78, 5) is 14.0. The van der Waals surface area contributed by atoms with Gasteiger partial charge in [-0.3, -0.25) is 4.79 Å². The molecular formula is C13H28N2OS. The Morgan fingerprint density at radius 2 is 1.76 bits per heavy atom. The molecule has 1 amide bonds. The highest BCUT2D eigenvalue weighted by molar-refractivity contribution is 8.01. The molecule has 0 saturated heterocycles. The van der Waals surface area contributed by atoms with Gasteiger partial charge < -0.3 is 10.6 Å². The third-order valence-electron chi connectivity index (χ3n) is 2.53. The average Bonchev–Trinajstić information content (AvgIpc) is 2.21. The fourth-order valence-electron chi connectivity index (χ4n) is 1.33. The van der Waals surface area contributed by atoms with Crippen LogP contribution in [0.25, 0.3) is 0 Å². The van der Waals surface area contributed by atoms with Crippen LogP contribution in [-0.2, 0) is 4.79 Å². The lowest BCUT2D eigenvalue weighted by atomic mass is 9.93. The van der Waals surface area contributed by atoms with Crippen molar-refractivity contribution in [2.45, 2.75) is 46.3 Å². The first-order valence-corrected chi connectivity index (χ1v) is 7.21. The van der Waals surface area contributed by atoms with Gasteiger partial charge in [-0.1, -0.05) is 34.6 Å². The van der Waals surface area contributed by atoms with Gasteiger partial charge in [0.05, 0.1) is 5.75 Å². The van der Waals surface area contributed by atoms with Crippen molar-refractivity contribution >= 4 is 17.7 Å². The summed E-state index contributed by atoms with van der Waals surface area (Å²) >= 11 is 1.70. The van der Waals surface area contributed by atoms with Gasteiger partial charge in [0.25, 0.3) is 0 Å². The van der Waals surface area contributed by atoms with Crippen molar-refractivity contribution in [3.63, 3.8) is 0 Å². The third-order valence-corrected chi connectivity index (χ3v) is 3.79. The molecule has 0 fully saturated rings. The zero-order chi connectivity index (χ0) is 13.7. The monoisotopic (exact) mass is 260 g/mol. The molecule has 0 aliphatic carbocycles. The first-order valence-electron chi connectivity index (χ1n) is 6.23. The second kappa shape index (κ2) is 6.64. The fraction of sp³-hybridized carbons (Fsp3) is 0.923. The van der Waals surface area contributed by atoms with E-state index in [0.29, 0.717) is 12.3 Å². The predicted octanol–water partition coefficient (Wildman–Crippen LogP) is 2.35. The van der Waals surface area contributed by atoms with Gasteiger partial charge in [0.2, 0.25) is 5.91 Å². The molecule has 0 bridgehead atoms. The number of hydrogen-bond acceptors (Lipinski definition) is 3. The van der Waals surface area contributed by atoms with E-state index in [-0.39, 0.29) is 16.1 Å². The van der Waals surface area contributed by atoms with Crippen molar-refractivity contribution in [2.24, 2.45) is 11.1 Å². The van der Waals surface area contributed by atoms with Gasteiger partial charge in [0, 0.05) is 17.8 Å². The highest BCUT2D eigenvalue weighted by Crippen LogP contribution is 2.24. The van der Waals surface area contributed by atoms with Crippen molar-refractivity contribution < 1.29 is 4.79 Å². The Bertz CT molecular complexity index is 246. The minimum absolute atomic E-state index is 0.00192. The Kier molecular flexibility index (Phi) is 6.56. The highest BCUT2D eigenvalue weighted by Gasteiger charge is 2.23. The number of carbonyl (C=O) groups excluding carboxylic acids is 1. The summed E-state index contributed by atoms with van der Waals surface area (Å²) in [5.41, 5.74) is 5.71. The molecule has 0 rings (SSSR count). The van der Waals surface area contributed by atoms with Crippen molar-refractivity contribution in [3.05, 3.63) is 0 Å². The number of nitrogens with two attached hydrogens (primary N) is 1. The van der Waals surface area contributed by atoms with E-state index in [2.05, 4.69) is 34.6 Å². The lowest BCUT2D eigenvalue weighted by Crippen LogP contribution is -2.43. The minimum atomic E-state index is -0.00192. The van der Waals surface area contributed by atoms with Gasteiger partial charge in [-0.15, -0.1) is 11.8 Å². The SMILES string of the molecule is CCN(CC(C)(C)CN)C(=O)CSC(C)(C)C. The normalized spacial score (nSPS) is 12.6. The Labute approximate surface area is 111 Å². The van der Waals surface area contributed by atoms with Crippen molar-refractivity contribution in [2.75, 3.05) is 25.4 Å². The summed E-state index contributed by atoms with van der Waals surface area (Å²) in [6.45, 7) is 14.7. The molecule has 0 spiro atoms.